The van der Waals surface area contributed by atoms with Crippen LogP contribution in [0.5, 0.6) is 5.88 Å². The summed E-state index contributed by atoms with van der Waals surface area (Å²) >= 11 is 3.34. The molecular formula is C11H9BrN4O3. The summed E-state index contributed by atoms with van der Waals surface area (Å²) in [4.78, 5) is 26.2. The van der Waals surface area contributed by atoms with Crippen molar-refractivity contribution in [2.45, 2.75) is 6.92 Å². The average molecular weight is 325 g/mol. The predicted molar refractivity (Wildman–Crippen MR) is 72.4 cm³/mol. The maximum Gasteiger partial charge on any atom is 0.328 e. The van der Waals surface area contributed by atoms with E-state index in [1.165, 1.54) is 0 Å². The predicted octanol–water partition coefficient (Wildman–Crippen LogP) is 2.26. The average Bonchev–Trinajstić information content (AvgIpc) is 2.32. The van der Waals surface area contributed by atoms with Crippen molar-refractivity contribution < 1.29 is 5.11 Å². The molecule has 0 saturated carbocycles. The van der Waals surface area contributed by atoms with Crippen LogP contribution in [0.25, 0.3) is 0 Å². The molecule has 0 aliphatic heterocycles. The van der Waals surface area contributed by atoms with Crippen LogP contribution in [0.15, 0.2) is 42.5 Å². The number of aromatic nitrogens is 2. The van der Waals surface area contributed by atoms with E-state index >= 15 is 0 Å². The maximum absolute atomic E-state index is 11.4. The molecule has 1 aromatic heterocycles. The van der Waals surface area contributed by atoms with Gasteiger partial charge in [0.1, 0.15) is 0 Å². The number of aryl methyl sites for hydroxylation is 1. The van der Waals surface area contributed by atoms with Crippen LogP contribution in [0.3, 0.4) is 0 Å². The van der Waals surface area contributed by atoms with Gasteiger partial charge < -0.3 is 5.11 Å². The second-order valence-corrected chi connectivity index (χ2v) is 4.59. The summed E-state index contributed by atoms with van der Waals surface area (Å²) in [5.41, 5.74) is -0.432. The molecule has 0 fully saturated rings. The fourth-order valence-corrected chi connectivity index (χ4v) is 1.68. The van der Waals surface area contributed by atoms with Gasteiger partial charge in [-0.05, 0) is 24.6 Å². The first-order valence-corrected chi connectivity index (χ1v) is 6.00. The number of H-pyrrole nitrogens is 2. The number of aromatic amines is 2. The second kappa shape index (κ2) is 5.19. The van der Waals surface area contributed by atoms with E-state index in [0.717, 1.165) is 10.0 Å². The number of benzene rings is 1. The molecule has 8 heteroatoms. The highest BCUT2D eigenvalue weighted by molar-refractivity contribution is 9.10. The minimum Gasteiger partial charge on any atom is -0.493 e. The summed E-state index contributed by atoms with van der Waals surface area (Å²) in [7, 11) is 0. The lowest BCUT2D eigenvalue weighted by Crippen LogP contribution is -2.20. The Morgan fingerprint density at radius 1 is 1.21 bits per heavy atom. The fraction of sp³-hybridized carbons (Fsp3) is 0.0909. The van der Waals surface area contributed by atoms with E-state index in [1.54, 1.807) is 12.1 Å². The smallest absolute Gasteiger partial charge is 0.328 e. The molecule has 0 aliphatic rings. The van der Waals surface area contributed by atoms with Gasteiger partial charge in [0.15, 0.2) is 0 Å². The first-order valence-electron chi connectivity index (χ1n) is 5.21. The van der Waals surface area contributed by atoms with Crippen LogP contribution >= 0.6 is 15.9 Å². The Balaban J connectivity index is 2.40. The van der Waals surface area contributed by atoms with Gasteiger partial charge in [-0.3, -0.25) is 14.8 Å². The van der Waals surface area contributed by atoms with E-state index in [1.807, 2.05) is 23.0 Å². The van der Waals surface area contributed by atoms with Gasteiger partial charge in [-0.25, -0.2) is 4.79 Å². The van der Waals surface area contributed by atoms with Gasteiger partial charge >= 0.3 is 5.69 Å². The normalized spacial score (nSPS) is 11.1. The quantitative estimate of drug-likeness (QED) is 0.736. The van der Waals surface area contributed by atoms with Gasteiger partial charge in [-0.1, -0.05) is 22.0 Å². The third-order valence-corrected chi connectivity index (χ3v) is 3.17. The van der Waals surface area contributed by atoms with Crippen molar-refractivity contribution in [3.63, 3.8) is 0 Å². The van der Waals surface area contributed by atoms with Crippen LogP contribution < -0.4 is 11.2 Å². The molecule has 0 spiro atoms. The van der Waals surface area contributed by atoms with Crippen LogP contribution in [-0.2, 0) is 0 Å². The van der Waals surface area contributed by atoms with E-state index in [-0.39, 0.29) is 5.69 Å². The molecule has 2 aromatic rings. The summed E-state index contributed by atoms with van der Waals surface area (Å²) in [6, 6.07) is 5.26. The highest BCUT2D eigenvalue weighted by Gasteiger charge is 2.07. The Labute approximate surface area is 115 Å². The Bertz CT molecular complexity index is 763. The molecule has 7 nitrogen and oxygen atoms in total. The van der Waals surface area contributed by atoms with Gasteiger partial charge in [-0.2, -0.15) is 5.11 Å². The molecule has 1 aromatic carbocycles. The number of hydrogen-bond acceptors (Lipinski definition) is 5. The number of halogens is 1. The molecule has 1 heterocycles. The molecule has 0 bridgehead atoms. The van der Waals surface area contributed by atoms with E-state index < -0.39 is 17.1 Å². The van der Waals surface area contributed by atoms with Crippen molar-refractivity contribution in [3.05, 3.63) is 49.1 Å². The first kappa shape index (κ1) is 13.2. The number of hydrogen-bond donors (Lipinski definition) is 3. The molecule has 0 atom stereocenters. The lowest BCUT2D eigenvalue weighted by atomic mass is 10.2. The van der Waals surface area contributed by atoms with Gasteiger partial charge in [0, 0.05) is 4.47 Å². The third kappa shape index (κ3) is 2.97. The highest BCUT2D eigenvalue weighted by Crippen LogP contribution is 2.25. The SMILES string of the molecule is Cc1ccc(N=Nc2c(O)[nH]c(=O)[nH]c2=O)cc1Br. The fourth-order valence-electron chi connectivity index (χ4n) is 1.31. The van der Waals surface area contributed by atoms with Crippen molar-refractivity contribution in [2.75, 3.05) is 0 Å². The lowest BCUT2D eigenvalue weighted by molar-refractivity contribution is 0.450. The van der Waals surface area contributed by atoms with Crippen LogP contribution in [-0.4, -0.2) is 15.1 Å². The largest absolute Gasteiger partial charge is 0.493 e. The van der Waals surface area contributed by atoms with Crippen molar-refractivity contribution in [1.82, 2.24) is 9.97 Å². The van der Waals surface area contributed by atoms with Crippen LogP contribution in [0, 0.1) is 6.92 Å². The zero-order valence-electron chi connectivity index (χ0n) is 9.77. The topological polar surface area (TPSA) is 111 Å². The summed E-state index contributed by atoms with van der Waals surface area (Å²) in [5, 5.41) is 16.9. The standard InChI is InChI=1S/C11H9BrN4O3/c1-5-2-3-6(4-7(5)12)15-16-8-9(17)13-11(19)14-10(8)18/h2-4H,1H3,(H3,13,14,17,18,19). The van der Waals surface area contributed by atoms with Crippen LogP contribution in [0.4, 0.5) is 11.4 Å². The van der Waals surface area contributed by atoms with Gasteiger partial charge in [0.2, 0.25) is 11.6 Å². The van der Waals surface area contributed by atoms with E-state index in [4.69, 9.17) is 0 Å². The number of aromatic hydroxyl groups is 1. The molecule has 0 aliphatic carbocycles. The van der Waals surface area contributed by atoms with Crippen molar-refractivity contribution in [2.24, 2.45) is 10.2 Å². The molecule has 98 valence electrons. The van der Waals surface area contributed by atoms with Crippen LogP contribution in [0.2, 0.25) is 0 Å². The van der Waals surface area contributed by atoms with Gasteiger partial charge in [0.05, 0.1) is 5.69 Å². The number of nitrogens with zero attached hydrogens (tertiary/aromatic N) is 2. The second-order valence-electron chi connectivity index (χ2n) is 3.74. The van der Waals surface area contributed by atoms with Gasteiger partial charge in [0.25, 0.3) is 5.56 Å². The van der Waals surface area contributed by atoms with Crippen molar-refractivity contribution in [1.29, 1.82) is 0 Å². The molecule has 0 saturated heterocycles. The number of nitrogens with one attached hydrogen (secondary N) is 2. The lowest BCUT2D eigenvalue weighted by Gasteiger charge is -1.98. The molecule has 3 N–H and O–H groups in total. The summed E-state index contributed by atoms with van der Waals surface area (Å²) in [5.74, 6) is -0.622. The Hall–Kier alpha value is -2.22. The molecule has 2 rings (SSSR count). The minimum absolute atomic E-state index is 0.351. The van der Waals surface area contributed by atoms with E-state index in [9.17, 15) is 14.7 Å². The summed E-state index contributed by atoms with van der Waals surface area (Å²) < 4.78 is 0.851. The molecule has 19 heavy (non-hydrogen) atoms. The number of rotatable bonds is 2. The van der Waals surface area contributed by atoms with E-state index in [0.29, 0.717) is 5.69 Å². The number of azo groups is 1. The molecule has 0 amide bonds. The third-order valence-electron chi connectivity index (χ3n) is 2.32. The molecule has 0 unspecified atom stereocenters. The van der Waals surface area contributed by atoms with E-state index in [2.05, 4.69) is 26.2 Å². The Morgan fingerprint density at radius 3 is 2.58 bits per heavy atom. The molecular weight excluding hydrogens is 316 g/mol. The van der Waals surface area contributed by atoms with Gasteiger partial charge in [-0.15, -0.1) is 5.11 Å². The van der Waals surface area contributed by atoms with Crippen LogP contribution in [0.1, 0.15) is 5.56 Å². The van der Waals surface area contributed by atoms with Crippen molar-refractivity contribution in [3.8, 4) is 5.88 Å². The summed E-state index contributed by atoms with van der Waals surface area (Å²) in [6.07, 6.45) is 0. The Morgan fingerprint density at radius 2 is 1.95 bits per heavy atom. The Kier molecular flexibility index (Phi) is 3.61. The zero-order valence-corrected chi connectivity index (χ0v) is 11.4. The van der Waals surface area contributed by atoms with Crippen molar-refractivity contribution >= 4 is 27.3 Å². The summed E-state index contributed by atoms with van der Waals surface area (Å²) in [6.45, 7) is 1.92. The zero-order chi connectivity index (χ0) is 14.0. The first-order chi connectivity index (χ1) is 8.97. The minimum atomic E-state index is -0.809. The monoisotopic (exact) mass is 324 g/mol. The molecule has 0 radical (unpaired) electrons. The highest BCUT2D eigenvalue weighted by atomic mass is 79.9. The maximum atomic E-state index is 11.4.